The molecule has 0 fully saturated rings. The van der Waals surface area contributed by atoms with E-state index in [0.717, 1.165) is 0 Å². The Morgan fingerprint density at radius 2 is 2.37 bits per heavy atom. The lowest BCUT2D eigenvalue weighted by atomic mass is 9.50. The molecule has 2 heterocycles. The molecule has 0 aliphatic heterocycles. The number of hydrogen-bond acceptors (Lipinski definition) is 5. The Morgan fingerprint density at radius 1 is 1.53 bits per heavy atom. The van der Waals surface area contributed by atoms with Gasteiger partial charge in [0.1, 0.15) is 18.2 Å². The molecule has 6 nitrogen and oxygen atoms in total. The van der Waals surface area contributed by atoms with Crippen molar-refractivity contribution in [2.75, 3.05) is 0 Å². The van der Waals surface area contributed by atoms with E-state index in [-0.39, 0.29) is 0 Å². The summed E-state index contributed by atoms with van der Waals surface area (Å²) < 4.78 is 1.78. The maximum absolute atomic E-state index is 10.8. The maximum Gasteiger partial charge on any atom is 0.390 e. The Bertz CT molecular complexity index is 646. The second-order valence-corrected chi connectivity index (χ2v) is 3.79. The van der Waals surface area contributed by atoms with Crippen molar-refractivity contribution >= 4 is 18.5 Å². The molecular weight excluding hydrogens is 241 g/mol. The van der Waals surface area contributed by atoms with Gasteiger partial charge < -0.3 is 9.36 Å². The van der Waals surface area contributed by atoms with Crippen LogP contribution in [0.3, 0.4) is 0 Å². The third-order valence-electron chi connectivity index (χ3n) is 2.53. The predicted octanol–water partition coefficient (Wildman–Crippen LogP) is 0.0626. The van der Waals surface area contributed by atoms with Gasteiger partial charge >= 0.3 is 6.71 Å². The molecule has 0 bridgehead atoms. The number of carbonyl (C=O) groups is 1. The number of nitriles is 1. The van der Waals surface area contributed by atoms with E-state index >= 15 is 0 Å². The molecule has 0 unspecified atom stereocenters. The summed E-state index contributed by atoms with van der Waals surface area (Å²) in [6, 6.07) is 5.13. The van der Waals surface area contributed by atoms with Crippen molar-refractivity contribution in [1.82, 2.24) is 19.7 Å². The first kappa shape index (κ1) is 12.7. The van der Waals surface area contributed by atoms with Crippen molar-refractivity contribution in [3.63, 3.8) is 0 Å². The van der Waals surface area contributed by atoms with Gasteiger partial charge in [-0.2, -0.15) is 0 Å². The van der Waals surface area contributed by atoms with Gasteiger partial charge in [0.05, 0.1) is 0 Å². The molecular formula is C12H10BN5O. The van der Waals surface area contributed by atoms with Crippen LogP contribution in [0.1, 0.15) is 0 Å². The molecule has 2 aromatic rings. The first-order chi connectivity index (χ1) is 9.30. The standard InChI is InChI=1S/C12H10BN5O/c1-2-6-18-9-15-17-12(18)10-4-3-5-11(16-10)13(7-14)8-19/h2-5,8-9H,1,6H2. The monoisotopic (exact) mass is 251 g/mol. The number of nitrogens with zero attached hydrogens (tertiary/aromatic N) is 5. The second-order valence-electron chi connectivity index (χ2n) is 3.79. The van der Waals surface area contributed by atoms with Gasteiger partial charge in [0, 0.05) is 18.1 Å². The minimum absolute atomic E-state index is 0.406. The number of aromatic nitrogens is 4. The fraction of sp³-hybridized carbons (Fsp3) is 0.0833. The third-order valence-corrected chi connectivity index (χ3v) is 2.53. The van der Waals surface area contributed by atoms with Crippen molar-refractivity contribution in [2.24, 2.45) is 0 Å². The number of pyridine rings is 1. The molecule has 0 aliphatic carbocycles. The first-order valence-corrected chi connectivity index (χ1v) is 5.61. The quantitative estimate of drug-likeness (QED) is 0.426. The average Bonchev–Trinajstić information content (AvgIpc) is 2.89. The minimum atomic E-state index is -0.865. The molecule has 7 heteroatoms. The molecule has 0 saturated carbocycles. The van der Waals surface area contributed by atoms with Crippen LogP contribution in [-0.4, -0.2) is 32.6 Å². The minimum Gasteiger partial charge on any atom is -0.313 e. The van der Waals surface area contributed by atoms with E-state index in [2.05, 4.69) is 21.8 Å². The molecule has 2 aromatic heterocycles. The van der Waals surface area contributed by atoms with Gasteiger partial charge in [-0.1, -0.05) is 12.1 Å². The van der Waals surface area contributed by atoms with Gasteiger partial charge in [-0.3, -0.25) is 4.98 Å². The SMILES string of the molecule is C=CCn1cnnc1-c1cccc(B(C#N)C=O)n1. The van der Waals surface area contributed by atoms with Gasteiger partial charge in [-0.05, 0) is 12.1 Å². The molecule has 0 amide bonds. The first-order valence-electron chi connectivity index (χ1n) is 5.61. The molecule has 19 heavy (non-hydrogen) atoms. The molecule has 0 aliphatic rings. The fourth-order valence-corrected chi connectivity index (χ4v) is 1.64. The van der Waals surface area contributed by atoms with Crippen LogP contribution >= 0.6 is 0 Å². The van der Waals surface area contributed by atoms with Crippen molar-refractivity contribution < 1.29 is 4.79 Å². The van der Waals surface area contributed by atoms with Gasteiger partial charge in [0.15, 0.2) is 5.82 Å². The van der Waals surface area contributed by atoms with E-state index in [1.165, 1.54) is 0 Å². The zero-order valence-electron chi connectivity index (χ0n) is 10.1. The van der Waals surface area contributed by atoms with Crippen LogP contribution in [0.2, 0.25) is 0 Å². The van der Waals surface area contributed by atoms with Crippen molar-refractivity contribution in [2.45, 2.75) is 6.54 Å². The zero-order valence-corrected chi connectivity index (χ0v) is 10.1. The summed E-state index contributed by atoms with van der Waals surface area (Å²) in [5.74, 6) is 2.46. The summed E-state index contributed by atoms with van der Waals surface area (Å²) in [6.07, 6.45) is 3.87. The molecule has 92 valence electrons. The van der Waals surface area contributed by atoms with E-state index in [0.29, 0.717) is 29.8 Å². The molecule has 0 N–H and O–H groups in total. The van der Waals surface area contributed by atoms with Gasteiger partial charge in [-0.15, -0.1) is 16.8 Å². The van der Waals surface area contributed by atoms with Crippen molar-refractivity contribution in [3.8, 4) is 17.5 Å². The van der Waals surface area contributed by atoms with E-state index < -0.39 is 6.71 Å². The summed E-state index contributed by atoms with van der Waals surface area (Å²) in [7, 11) is 0. The van der Waals surface area contributed by atoms with Crippen LogP contribution in [0.15, 0.2) is 37.2 Å². The van der Waals surface area contributed by atoms with Gasteiger partial charge in [-0.25, -0.2) is 5.26 Å². The summed E-state index contributed by atoms with van der Waals surface area (Å²) in [5.41, 5.74) is 0.974. The van der Waals surface area contributed by atoms with Crippen LogP contribution < -0.4 is 5.59 Å². The third kappa shape index (κ3) is 2.58. The lowest BCUT2D eigenvalue weighted by Gasteiger charge is -2.04. The molecule has 0 radical (unpaired) electrons. The van der Waals surface area contributed by atoms with Crippen LogP contribution in [0.25, 0.3) is 11.5 Å². The van der Waals surface area contributed by atoms with Crippen molar-refractivity contribution in [3.05, 3.63) is 37.2 Å². The highest BCUT2D eigenvalue weighted by molar-refractivity contribution is 6.99. The lowest BCUT2D eigenvalue weighted by Crippen LogP contribution is -2.33. The number of rotatable bonds is 5. The van der Waals surface area contributed by atoms with Crippen LogP contribution in [0.4, 0.5) is 0 Å². The average molecular weight is 251 g/mol. The summed E-state index contributed by atoms with van der Waals surface area (Å²) in [6.45, 7) is 3.35. The largest absolute Gasteiger partial charge is 0.390 e. The van der Waals surface area contributed by atoms with Gasteiger partial charge in [0.2, 0.25) is 0 Å². The van der Waals surface area contributed by atoms with Gasteiger partial charge in [0.25, 0.3) is 0 Å². The Kier molecular flexibility index (Phi) is 3.83. The Labute approximate surface area is 110 Å². The van der Waals surface area contributed by atoms with Crippen LogP contribution in [0.5, 0.6) is 0 Å². The van der Waals surface area contributed by atoms with E-state index in [1.807, 2.05) is 5.97 Å². The Morgan fingerprint density at radius 3 is 3.05 bits per heavy atom. The molecule has 2 rings (SSSR count). The van der Waals surface area contributed by atoms with E-state index in [4.69, 9.17) is 5.26 Å². The van der Waals surface area contributed by atoms with Crippen LogP contribution in [-0.2, 0) is 11.3 Å². The topological polar surface area (TPSA) is 84.5 Å². The lowest BCUT2D eigenvalue weighted by molar-refractivity contribution is 0.568. The molecule has 0 atom stereocenters. The molecule has 0 aromatic carbocycles. The summed E-state index contributed by atoms with van der Waals surface area (Å²) in [4.78, 5) is 15.1. The second kappa shape index (κ2) is 5.73. The highest BCUT2D eigenvalue weighted by Crippen LogP contribution is 2.12. The molecule has 0 saturated heterocycles. The smallest absolute Gasteiger partial charge is 0.313 e. The van der Waals surface area contributed by atoms with Crippen molar-refractivity contribution in [1.29, 1.82) is 5.26 Å². The van der Waals surface area contributed by atoms with E-state index in [9.17, 15) is 4.79 Å². The Hall–Kier alpha value is -2.75. The zero-order chi connectivity index (χ0) is 13.7. The molecule has 0 spiro atoms. The number of hydrogen-bond donors (Lipinski definition) is 0. The summed E-state index contributed by atoms with van der Waals surface area (Å²) in [5, 5.41) is 16.7. The highest BCUT2D eigenvalue weighted by Gasteiger charge is 2.19. The highest BCUT2D eigenvalue weighted by atomic mass is 16.1. The predicted molar refractivity (Wildman–Crippen MR) is 71.2 cm³/mol. The Balaban J connectivity index is 2.43. The number of carbonyl (C=O) groups excluding carboxylic acids is 1. The fourth-order valence-electron chi connectivity index (χ4n) is 1.64. The van der Waals surface area contributed by atoms with E-state index in [1.54, 1.807) is 35.2 Å². The maximum atomic E-state index is 10.8. The normalized spacial score (nSPS) is 9.63. The van der Waals surface area contributed by atoms with Crippen LogP contribution in [0, 0.1) is 11.2 Å². The number of allylic oxidation sites excluding steroid dienone is 1. The summed E-state index contributed by atoms with van der Waals surface area (Å²) >= 11 is 0.